The van der Waals surface area contributed by atoms with Crippen molar-refractivity contribution in [3.05, 3.63) is 69.8 Å². The minimum absolute atomic E-state index is 0.102. The highest BCUT2D eigenvalue weighted by Crippen LogP contribution is 2.25. The molecule has 0 saturated heterocycles. The van der Waals surface area contributed by atoms with Gasteiger partial charge in [-0.1, -0.05) is 36.4 Å². The van der Waals surface area contributed by atoms with Crippen molar-refractivity contribution in [2.24, 2.45) is 0 Å². The summed E-state index contributed by atoms with van der Waals surface area (Å²) >= 11 is 0. The molecule has 5 nitrogen and oxygen atoms in total. The molecule has 0 fully saturated rings. The van der Waals surface area contributed by atoms with E-state index in [-0.39, 0.29) is 22.4 Å². The van der Waals surface area contributed by atoms with Gasteiger partial charge in [0.05, 0.1) is 4.92 Å². The second-order valence-corrected chi connectivity index (χ2v) is 4.55. The Morgan fingerprint density at radius 1 is 1.20 bits per heavy atom. The predicted octanol–water partition coefficient (Wildman–Crippen LogP) is 3.15. The Morgan fingerprint density at radius 2 is 1.85 bits per heavy atom. The third-order valence-electron chi connectivity index (χ3n) is 3.19. The molecule has 2 aromatic rings. The van der Waals surface area contributed by atoms with Crippen LogP contribution in [0.25, 0.3) is 0 Å². The molecule has 104 valence electrons. The van der Waals surface area contributed by atoms with Crippen LogP contribution in [-0.2, 0) is 6.54 Å². The predicted molar refractivity (Wildman–Crippen MR) is 76.5 cm³/mol. The van der Waals surface area contributed by atoms with Crippen molar-refractivity contribution in [2.75, 3.05) is 0 Å². The molecule has 0 amide bonds. The Balaban J connectivity index is 2.11. The van der Waals surface area contributed by atoms with E-state index in [1.165, 1.54) is 6.07 Å². The van der Waals surface area contributed by atoms with Crippen LogP contribution >= 0.6 is 0 Å². The van der Waals surface area contributed by atoms with Gasteiger partial charge in [-0.05, 0) is 13.0 Å². The van der Waals surface area contributed by atoms with Crippen LogP contribution < -0.4 is 5.32 Å². The zero-order valence-corrected chi connectivity index (χ0v) is 11.1. The maximum atomic E-state index is 11.0. The lowest BCUT2D eigenvalue weighted by molar-refractivity contribution is -0.385. The number of nitro benzene ring substituents is 1. The third-order valence-corrected chi connectivity index (χ3v) is 3.19. The second kappa shape index (κ2) is 6.16. The molecular weight excluding hydrogens is 256 g/mol. The lowest BCUT2D eigenvalue weighted by Gasteiger charge is -2.15. The van der Waals surface area contributed by atoms with Gasteiger partial charge >= 0.3 is 0 Å². The van der Waals surface area contributed by atoms with Crippen molar-refractivity contribution in [3.8, 4) is 5.75 Å². The summed E-state index contributed by atoms with van der Waals surface area (Å²) in [5.41, 5.74) is 1.50. The fourth-order valence-corrected chi connectivity index (χ4v) is 2.05. The average molecular weight is 272 g/mol. The van der Waals surface area contributed by atoms with Crippen molar-refractivity contribution in [1.29, 1.82) is 0 Å². The molecular formula is C15H16N2O3. The first kappa shape index (κ1) is 14.0. The number of rotatable bonds is 5. The number of phenols is 1. The van der Waals surface area contributed by atoms with Gasteiger partial charge in [0.15, 0.2) is 0 Å². The first-order chi connectivity index (χ1) is 9.59. The van der Waals surface area contributed by atoms with E-state index in [0.29, 0.717) is 12.1 Å². The minimum Gasteiger partial charge on any atom is -0.508 e. The molecule has 5 heteroatoms. The van der Waals surface area contributed by atoms with Gasteiger partial charge in [0.25, 0.3) is 5.69 Å². The smallest absolute Gasteiger partial charge is 0.274 e. The van der Waals surface area contributed by atoms with Gasteiger partial charge in [-0.25, -0.2) is 0 Å². The van der Waals surface area contributed by atoms with E-state index in [1.807, 2.05) is 19.1 Å². The van der Waals surface area contributed by atoms with Crippen LogP contribution in [-0.4, -0.2) is 10.0 Å². The maximum Gasteiger partial charge on any atom is 0.274 e. The number of nitrogens with zero attached hydrogens (tertiary/aromatic N) is 1. The SMILES string of the molecule is CC(NCc1ccccc1O)c1ccccc1[N+](=O)[O-]. The molecule has 1 atom stereocenters. The molecule has 2 N–H and O–H groups in total. The maximum absolute atomic E-state index is 11.0. The summed E-state index contributed by atoms with van der Waals surface area (Å²) in [5, 5.41) is 23.9. The van der Waals surface area contributed by atoms with Crippen molar-refractivity contribution in [2.45, 2.75) is 19.5 Å². The molecule has 0 aliphatic carbocycles. The van der Waals surface area contributed by atoms with E-state index in [4.69, 9.17) is 0 Å². The summed E-state index contributed by atoms with van der Waals surface area (Å²) in [5.74, 6) is 0.217. The monoisotopic (exact) mass is 272 g/mol. The highest BCUT2D eigenvalue weighted by molar-refractivity contribution is 5.42. The summed E-state index contributed by atoms with van der Waals surface area (Å²) in [6, 6.07) is 13.5. The molecule has 2 aromatic carbocycles. The van der Waals surface area contributed by atoms with Crippen LogP contribution in [0.15, 0.2) is 48.5 Å². The van der Waals surface area contributed by atoms with Gasteiger partial charge in [-0.3, -0.25) is 10.1 Å². The number of hydrogen-bond donors (Lipinski definition) is 2. The van der Waals surface area contributed by atoms with Gasteiger partial charge < -0.3 is 10.4 Å². The molecule has 1 unspecified atom stereocenters. The summed E-state index contributed by atoms with van der Waals surface area (Å²) in [7, 11) is 0. The molecule has 0 aromatic heterocycles. The van der Waals surface area contributed by atoms with E-state index in [2.05, 4.69) is 5.32 Å². The van der Waals surface area contributed by atoms with E-state index >= 15 is 0 Å². The average Bonchev–Trinajstić information content (AvgIpc) is 2.46. The Hall–Kier alpha value is -2.40. The third kappa shape index (κ3) is 3.13. The van der Waals surface area contributed by atoms with Crippen LogP contribution in [0.5, 0.6) is 5.75 Å². The highest BCUT2D eigenvalue weighted by Gasteiger charge is 2.17. The number of phenolic OH excluding ortho intramolecular Hbond substituents is 1. The van der Waals surface area contributed by atoms with E-state index < -0.39 is 0 Å². The first-order valence-corrected chi connectivity index (χ1v) is 6.33. The van der Waals surface area contributed by atoms with Crippen LogP contribution in [0.4, 0.5) is 5.69 Å². The largest absolute Gasteiger partial charge is 0.508 e. The number of nitro groups is 1. The van der Waals surface area contributed by atoms with Crippen molar-refractivity contribution in [3.63, 3.8) is 0 Å². The molecule has 0 saturated carbocycles. The van der Waals surface area contributed by atoms with Crippen LogP contribution in [0.1, 0.15) is 24.1 Å². The topological polar surface area (TPSA) is 75.4 Å². The standard InChI is InChI=1S/C15H16N2O3/c1-11(13-7-3-4-8-14(13)17(19)20)16-10-12-6-2-5-9-15(12)18/h2-9,11,16,18H,10H2,1H3. The van der Waals surface area contributed by atoms with Gasteiger partial charge in [-0.15, -0.1) is 0 Å². The molecule has 0 bridgehead atoms. The summed E-state index contributed by atoms with van der Waals surface area (Å²) in [4.78, 5) is 10.6. The summed E-state index contributed by atoms with van der Waals surface area (Å²) in [6.45, 7) is 2.31. The molecule has 0 heterocycles. The first-order valence-electron chi connectivity index (χ1n) is 6.33. The number of para-hydroxylation sites is 2. The number of nitrogens with one attached hydrogen (secondary N) is 1. The number of aromatic hydroxyl groups is 1. The zero-order chi connectivity index (χ0) is 14.5. The number of hydrogen-bond acceptors (Lipinski definition) is 4. The highest BCUT2D eigenvalue weighted by atomic mass is 16.6. The molecule has 0 spiro atoms. The van der Waals surface area contributed by atoms with Crippen molar-refractivity contribution < 1.29 is 10.0 Å². The normalized spacial score (nSPS) is 12.1. The van der Waals surface area contributed by atoms with Gasteiger partial charge in [-0.2, -0.15) is 0 Å². The van der Waals surface area contributed by atoms with E-state index in [9.17, 15) is 15.2 Å². The van der Waals surface area contributed by atoms with Gasteiger partial charge in [0.2, 0.25) is 0 Å². The van der Waals surface area contributed by atoms with Gasteiger partial charge in [0, 0.05) is 29.8 Å². The lowest BCUT2D eigenvalue weighted by atomic mass is 10.1. The Bertz CT molecular complexity index is 614. The Kier molecular flexibility index (Phi) is 4.32. The molecule has 0 aliphatic heterocycles. The number of benzene rings is 2. The molecule has 0 aliphatic rings. The fraction of sp³-hybridized carbons (Fsp3) is 0.200. The molecule has 2 rings (SSSR count). The van der Waals surface area contributed by atoms with E-state index in [0.717, 1.165) is 5.56 Å². The zero-order valence-electron chi connectivity index (χ0n) is 11.1. The second-order valence-electron chi connectivity index (χ2n) is 4.55. The molecule has 20 heavy (non-hydrogen) atoms. The van der Waals surface area contributed by atoms with Crippen LogP contribution in [0.2, 0.25) is 0 Å². The van der Waals surface area contributed by atoms with Crippen molar-refractivity contribution in [1.82, 2.24) is 5.32 Å². The quantitative estimate of drug-likeness (QED) is 0.647. The fourth-order valence-electron chi connectivity index (χ4n) is 2.05. The Labute approximate surface area is 117 Å². The van der Waals surface area contributed by atoms with Crippen LogP contribution in [0, 0.1) is 10.1 Å². The summed E-state index contributed by atoms with van der Waals surface area (Å²) < 4.78 is 0. The van der Waals surface area contributed by atoms with E-state index in [1.54, 1.807) is 30.3 Å². The van der Waals surface area contributed by atoms with Crippen molar-refractivity contribution >= 4 is 5.69 Å². The summed E-state index contributed by atoms with van der Waals surface area (Å²) in [6.07, 6.45) is 0. The Morgan fingerprint density at radius 3 is 2.55 bits per heavy atom. The molecule has 0 radical (unpaired) electrons. The van der Waals surface area contributed by atoms with Crippen LogP contribution in [0.3, 0.4) is 0 Å². The minimum atomic E-state index is -0.381. The lowest BCUT2D eigenvalue weighted by Crippen LogP contribution is -2.19. The van der Waals surface area contributed by atoms with Gasteiger partial charge in [0.1, 0.15) is 5.75 Å².